The first-order valence-corrected chi connectivity index (χ1v) is 5.84. The van der Waals surface area contributed by atoms with Gasteiger partial charge >= 0.3 is 0 Å². The molecule has 2 rings (SSSR count). The molecule has 0 aliphatic heterocycles. The second kappa shape index (κ2) is 4.27. The summed E-state index contributed by atoms with van der Waals surface area (Å²) in [5.41, 5.74) is 0.911. The van der Waals surface area contributed by atoms with Gasteiger partial charge in [-0.25, -0.2) is 0 Å². The van der Waals surface area contributed by atoms with Gasteiger partial charge in [-0.2, -0.15) is 4.98 Å². The van der Waals surface area contributed by atoms with Crippen molar-refractivity contribution in [2.24, 2.45) is 0 Å². The van der Waals surface area contributed by atoms with Crippen molar-refractivity contribution in [1.29, 1.82) is 0 Å². The first-order chi connectivity index (χ1) is 6.79. The van der Waals surface area contributed by atoms with Crippen LogP contribution in [0.2, 0.25) is 5.02 Å². The summed E-state index contributed by atoms with van der Waals surface area (Å²) in [6.45, 7) is 0. The van der Waals surface area contributed by atoms with Gasteiger partial charge in [-0.05, 0) is 24.3 Å². The van der Waals surface area contributed by atoms with Crippen molar-refractivity contribution in [1.82, 2.24) is 10.1 Å². The van der Waals surface area contributed by atoms with E-state index < -0.39 is 0 Å². The molecule has 0 saturated heterocycles. The predicted molar refractivity (Wildman–Crippen MR) is 62.5 cm³/mol. The van der Waals surface area contributed by atoms with Crippen LogP contribution in [-0.4, -0.2) is 10.1 Å². The molecule has 0 saturated carbocycles. The topological polar surface area (TPSA) is 38.9 Å². The SMILES string of the molecule is Clc1ccc(-c2noc(CI)n2)cc1. The average Bonchev–Trinajstić information content (AvgIpc) is 2.67. The van der Waals surface area contributed by atoms with Crippen LogP contribution in [-0.2, 0) is 4.43 Å². The van der Waals surface area contributed by atoms with Crippen molar-refractivity contribution in [3.8, 4) is 11.4 Å². The number of hydrogen-bond donors (Lipinski definition) is 0. The lowest BCUT2D eigenvalue weighted by Gasteiger charge is -1.92. The minimum absolute atomic E-state index is 0.605. The molecule has 0 N–H and O–H groups in total. The van der Waals surface area contributed by atoms with Crippen LogP contribution >= 0.6 is 34.2 Å². The molecular weight excluding hydrogens is 314 g/mol. The molecule has 0 radical (unpaired) electrons. The lowest BCUT2D eigenvalue weighted by Crippen LogP contribution is -1.80. The van der Waals surface area contributed by atoms with Crippen LogP contribution in [0, 0.1) is 0 Å². The number of rotatable bonds is 2. The highest BCUT2D eigenvalue weighted by molar-refractivity contribution is 14.1. The molecule has 14 heavy (non-hydrogen) atoms. The molecular formula is C9H6ClIN2O. The van der Waals surface area contributed by atoms with Crippen molar-refractivity contribution < 1.29 is 4.52 Å². The van der Waals surface area contributed by atoms with Crippen LogP contribution in [0.3, 0.4) is 0 Å². The van der Waals surface area contributed by atoms with E-state index in [-0.39, 0.29) is 0 Å². The Morgan fingerprint density at radius 3 is 2.57 bits per heavy atom. The van der Waals surface area contributed by atoms with E-state index in [1.807, 2.05) is 12.1 Å². The first kappa shape index (κ1) is 9.92. The number of aromatic nitrogens is 2. The van der Waals surface area contributed by atoms with Gasteiger partial charge in [-0.3, -0.25) is 0 Å². The van der Waals surface area contributed by atoms with Crippen molar-refractivity contribution in [3.63, 3.8) is 0 Å². The van der Waals surface area contributed by atoms with Crippen LogP contribution in [0.4, 0.5) is 0 Å². The third-order valence-corrected chi connectivity index (χ3v) is 2.59. The maximum atomic E-state index is 5.77. The maximum absolute atomic E-state index is 5.77. The third-order valence-electron chi connectivity index (χ3n) is 1.68. The summed E-state index contributed by atoms with van der Waals surface area (Å²) in [7, 11) is 0. The highest BCUT2D eigenvalue weighted by Gasteiger charge is 2.06. The molecule has 0 fully saturated rings. The molecule has 1 heterocycles. The van der Waals surface area contributed by atoms with Crippen molar-refractivity contribution in [2.75, 3.05) is 0 Å². The third kappa shape index (κ3) is 2.06. The lowest BCUT2D eigenvalue weighted by molar-refractivity contribution is 0.393. The molecule has 5 heteroatoms. The summed E-state index contributed by atoms with van der Waals surface area (Å²) in [4.78, 5) is 4.20. The standard InChI is InChI=1S/C9H6ClIN2O/c10-7-3-1-6(2-4-7)9-12-8(5-11)14-13-9/h1-4H,5H2. The summed E-state index contributed by atoms with van der Waals surface area (Å²) in [5.74, 6) is 1.24. The van der Waals surface area contributed by atoms with E-state index in [4.69, 9.17) is 16.1 Å². The van der Waals surface area contributed by atoms with Crippen molar-refractivity contribution in [2.45, 2.75) is 4.43 Å². The second-order valence-electron chi connectivity index (χ2n) is 2.65. The van der Waals surface area contributed by atoms with Crippen LogP contribution in [0.1, 0.15) is 5.89 Å². The molecule has 0 bridgehead atoms. The van der Waals surface area contributed by atoms with Crippen molar-refractivity contribution in [3.05, 3.63) is 35.2 Å². The van der Waals surface area contributed by atoms with Gasteiger partial charge < -0.3 is 4.52 Å². The number of alkyl halides is 1. The second-order valence-corrected chi connectivity index (χ2v) is 3.85. The van der Waals surface area contributed by atoms with Gasteiger partial charge in [-0.15, -0.1) is 0 Å². The predicted octanol–water partition coefficient (Wildman–Crippen LogP) is 3.33. The fourth-order valence-corrected chi connectivity index (χ4v) is 1.46. The summed E-state index contributed by atoms with van der Waals surface area (Å²) in [6.07, 6.45) is 0. The van der Waals surface area contributed by atoms with E-state index in [0.717, 1.165) is 9.99 Å². The molecule has 0 spiro atoms. The van der Waals surface area contributed by atoms with Crippen LogP contribution in [0.25, 0.3) is 11.4 Å². The Hall–Kier alpha value is -0.620. The molecule has 0 aliphatic carbocycles. The maximum Gasteiger partial charge on any atom is 0.236 e. The first-order valence-electron chi connectivity index (χ1n) is 3.94. The number of nitrogens with zero attached hydrogens (tertiary/aromatic N) is 2. The van der Waals surface area contributed by atoms with Crippen molar-refractivity contribution >= 4 is 34.2 Å². The summed E-state index contributed by atoms with van der Waals surface area (Å²) >= 11 is 7.94. The van der Waals surface area contributed by atoms with Crippen LogP contribution in [0.5, 0.6) is 0 Å². The molecule has 1 aromatic carbocycles. The van der Waals surface area contributed by atoms with Gasteiger partial charge in [0.2, 0.25) is 11.7 Å². The summed E-state index contributed by atoms with van der Waals surface area (Å²) in [6, 6.07) is 7.34. The van der Waals surface area contributed by atoms with Crippen LogP contribution < -0.4 is 0 Å². The highest BCUT2D eigenvalue weighted by Crippen LogP contribution is 2.19. The Labute approximate surface area is 99.6 Å². The van der Waals surface area contributed by atoms with E-state index in [9.17, 15) is 0 Å². The molecule has 3 nitrogen and oxygen atoms in total. The fourth-order valence-electron chi connectivity index (χ4n) is 1.03. The number of benzene rings is 1. The van der Waals surface area contributed by atoms with Gasteiger partial charge in [0.15, 0.2) is 0 Å². The van der Waals surface area contributed by atoms with E-state index in [0.29, 0.717) is 16.7 Å². The molecule has 0 atom stereocenters. The molecule has 1 aromatic heterocycles. The van der Waals surface area contributed by atoms with E-state index in [2.05, 4.69) is 32.7 Å². The zero-order chi connectivity index (χ0) is 9.97. The molecule has 2 aromatic rings. The normalized spacial score (nSPS) is 10.4. The Morgan fingerprint density at radius 1 is 1.29 bits per heavy atom. The average molecular weight is 321 g/mol. The molecule has 0 unspecified atom stereocenters. The Morgan fingerprint density at radius 2 is 2.00 bits per heavy atom. The van der Waals surface area contributed by atoms with Crippen LogP contribution in [0.15, 0.2) is 28.8 Å². The Balaban J connectivity index is 2.34. The Bertz CT molecular complexity index is 427. The number of hydrogen-bond acceptors (Lipinski definition) is 3. The lowest BCUT2D eigenvalue weighted by atomic mass is 10.2. The zero-order valence-corrected chi connectivity index (χ0v) is 9.99. The summed E-state index contributed by atoms with van der Waals surface area (Å²) in [5, 5.41) is 4.55. The Kier molecular flexibility index (Phi) is 3.02. The number of halogens is 2. The molecule has 0 amide bonds. The van der Waals surface area contributed by atoms with Gasteiger partial charge in [0.05, 0.1) is 4.43 Å². The quantitative estimate of drug-likeness (QED) is 0.629. The van der Waals surface area contributed by atoms with Gasteiger partial charge in [0.1, 0.15) is 0 Å². The minimum Gasteiger partial charge on any atom is -0.338 e. The monoisotopic (exact) mass is 320 g/mol. The van der Waals surface area contributed by atoms with Gasteiger partial charge in [0, 0.05) is 10.6 Å². The van der Waals surface area contributed by atoms with Gasteiger partial charge in [0.25, 0.3) is 0 Å². The minimum atomic E-state index is 0.605. The van der Waals surface area contributed by atoms with Gasteiger partial charge in [-0.1, -0.05) is 39.3 Å². The fraction of sp³-hybridized carbons (Fsp3) is 0.111. The largest absolute Gasteiger partial charge is 0.338 e. The zero-order valence-electron chi connectivity index (χ0n) is 7.08. The summed E-state index contributed by atoms with van der Waals surface area (Å²) < 4.78 is 5.72. The van der Waals surface area contributed by atoms with E-state index in [1.54, 1.807) is 12.1 Å². The van der Waals surface area contributed by atoms with E-state index >= 15 is 0 Å². The van der Waals surface area contributed by atoms with E-state index in [1.165, 1.54) is 0 Å². The molecule has 72 valence electrons. The molecule has 0 aliphatic rings. The highest BCUT2D eigenvalue weighted by atomic mass is 127. The smallest absolute Gasteiger partial charge is 0.236 e.